The molecule has 3 rings (SSSR count). The summed E-state index contributed by atoms with van der Waals surface area (Å²) in [6, 6.07) is 20.0. The molecule has 0 saturated carbocycles. The third-order valence-corrected chi connectivity index (χ3v) is 6.86. The fraction of sp³-hybridized carbons (Fsp3) is 0.208. The van der Waals surface area contributed by atoms with Crippen molar-refractivity contribution in [2.24, 2.45) is 0 Å². The molecule has 0 spiro atoms. The van der Waals surface area contributed by atoms with E-state index in [1.807, 2.05) is 6.92 Å². The molecule has 0 aliphatic heterocycles. The first-order valence-corrected chi connectivity index (χ1v) is 12.0. The number of amides is 1. The number of anilines is 1. The lowest BCUT2D eigenvalue weighted by molar-refractivity contribution is -0.119. The summed E-state index contributed by atoms with van der Waals surface area (Å²) in [4.78, 5) is 12.8. The second-order valence-corrected chi connectivity index (χ2v) is 9.42. The number of carbonyl (C=O) groups is 1. The Morgan fingerprint density at radius 3 is 2.45 bits per heavy atom. The molecule has 174 valence electrons. The number of hydrogen-bond acceptors (Lipinski definition) is 5. The van der Waals surface area contributed by atoms with E-state index in [0.717, 1.165) is 9.87 Å². The minimum absolute atomic E-state index is 0.0887. The third-order valence-electron chi connectivity index (χ3n) is 4.76. The first-order chi connectivity index (χ1) is 15.8. The van der Waals surface area contributed by atoms with Crippen molar-refractivity contribution in [3.8, 4) is 11.5 Å². The predicted molar refractivity (Wildman–Crippen MR) is 129 cm³/mol. The average molecular weight is 489 g/mol. The molecule has 0 heterocycles. The standard InChI is InChI=1S/C24H25ClN2O5S/c1-18-10-12-21(13-11-18)33(29,30)27(19-6-5-7-20(16-19)31-2)17-24(28)26-14-15-32-23-9-4-3-8-22(23)25/h3-13,16H,14-15,17H2,1-2H3,(H,26,28). The second-order valence-electron chi connectivity index (χ2n) is 7.16. The molecule has 3 aromatic carbocycles. The Morgan fingerprint density at radius 1 is 1.03 bits per heavy atom. The normalized spacial score (nSPS) is 11.0. The number of methoxy groups -OCH3 is 1. The summed E-state index contributed by atoms with van der Waals surface area (Å²) in [5, 5.41) is 3.16. The van der Waals surface area contributed by atoms with E-state index in [-0.39, 0.29) is 18.0 Å². The number of halogens is 1. The molecule has 0 atom stereocenters. The van der Waals surface area contributed by atoms with E-state index in [0.29, 0.717) is 22.2 Å². The summed E-state index contributed by atoms with van der Waals surface area (Å²) >= 11 is 6.05. The van der Waals surface area contributed by atoms with Crippen LogP contribution in [0.1, 0.15) is 5.56 Å². The molecule has 0 saturated heterocycles. The zero-order chi connectivity index (χ0) is 23.8. The Kier molecular flexibility index (Phi) is 8.19. The van der Waals surface area contributed by atoms with Crippen molar-refractivity contribution in [1.82, 2.24) is 5.32 Å². The summed E-state index contributed by atoms with van der Waals surface area (Å²) in [6.07, 6.45) is 0. The summed E-state index contributed by atoms with van der Waals surface area (Å²) in [6.45, 7) is 1.82. The zero-order valence-corrected chi connectivity index (χ0v) is 19.9. The first kappa shape index (κ1) is 24.4. The van der Waals surface area contributed by atoms with Crippen molar-refractivity contribution in [1.29, 1.82) is 0 Å². The number of carbonyl (C=O) groups excluding carboxylic acids is 1. The highest BCUT2D eigenvalue weighted by Gasteiger charge is 2.27. The Balaban J connectivity index is 1.74. The lowest BCUT2D eigenvalue weighted by atomic mass is 10.2. The molecular formula is C24H25ClN2O5S. The quantitative estimate of drug-likeness (QED) is 0.435. The van der Waals surface area contributed by atoms with Gasteiger partial charge in [0.15, 0.2) is 0 Å². The van der Waals surface area contributed by atoms with Crippen LogP contribution in [0.15, 0.2) is 77.7 Å². The zero-order valence-electron chi connectivity index (χ0n) is 18.3. The van der Waals surface area contributed by atoms with Gasteiger partial charge in [-0.1, -0.05) is 47.5 Å². The number of rotatable bonds is 10. The lowest BCUT2D eigenvalue weighted by Crippen LogP contribution is -2.41. The summed E-state index contributed by atoms with van der Waals surface area (Å²) in [5.41, 5.74) is 1.25. The van der Waals surface area contributed by atoms with Gasteiger partial charge in [0, 0.05) is 6.07 Å². The highest BCUT2D eigenvalue weighted by molar-refractivity contribution is 7.92. The van der Waals surface area contributed by atoms with Crippen LogP contribution >= 0.6 is 11.6 Å². The molecule has 0 aliphatic rings. The molecule has 0 bridgehead atoms. The molecule has 1 N–H and O–H groups in total. The van der Waals surface area contributed by atoms with Crippen LogP contribution in [0, 0.1) is 6.92 Å². The number of para-hydroxylation sites is 1. The van der Waals surface area contributed by atoms with Gasteiger partial charge in [-0.05, 0) is 43.3 Å². The van der Waals surface area contributed by atoms with Gasteiger partial charge in [0.05, 0.1) is 29.3 Å². The van der Waals surface area contributed by atoms with Crippen molar-refractivity contribution < 1.29 is 22.7 Å². The van der Waals surface area contributed by atoms with Gasteiger partial charge in [-0.25, -0.2) is 8.42 Å². The van der Waals surface area contributed by atoms with E-state index in [9.17, 15) is 13.2 Å². The van der Waals surface area contributed by atoms with Crippen LogP contribution < -0.4 is 19.1 Å². The van der Waals surface area contributed by atoms with E-state index in [4.69, 9.17) is 21.1 Å². The topological polar surface area (TPSA) is 84.9 Å². The fourth-order valence-corrected chi connectivity index (χ4v) is 4.62. The van der Waals surface area contributed by atoms with Gasteiger partial charge >= 0.3 is 0 Å². The average Bonchev–Trinajstić information content (AvgIpc) is 2.81. The predicted octanol–water partition coefficient (Wildman–Crippen LogP) is 4.05. The molecule has 7 nitrogen and oxygen atoms in total. The summed E-state index contributed by atoms with van der Waals surface area (Å²) < 4.78 is 38.6. The highest BCUT2D eigenvalue weighted by Crippen LogP contribution is 2.27. The monoisotopic (exact) mass is 488 g/mol. The summed E-state index contributed by atoms with van der Waals surface area (Å²) in [5.74, 6) is 0.509. The molecule has 0 radical (unpaired) electrons. The smallest absolute Gasteiger partial charge is 0.264 e. The van der Waals surface area contributed by atoms with Gasteiger partial charge < -0.3 is 14.8 Å². The lowest BCUT2D eigenvalue weighted by Gasteiger charge is -2.24. The van der Waals surface area contributed by atoms with Crippen molar-refractivity contribution in [2.45, 2.75) is 11.8 Å². The number of sulfonamides is 1. The Morgan fingerprint density at radius 2 is 1.76 bits per heavy atom. The first-order valence-electron chi connectivity index (χ1n) is 10.2. The Hall–Kier alpha value is -3.23. The van der Waals surface area contributed by atoms with E-state index >= 15 is 0 Å². The molecule has 3 aromatic rings. The molecule has 33 heavy (non-hydrogen) atoms. The van der Waals surface area contributed by atoms with Crippen LogP contribution in [0.3, 0.4) is 0 Å². The van der Waals surface area contributed by atoms with Crippen LogP contribution in [0.25, 0.3) is 0 Å². The maximum atomic E-state index is 13.4. The van der Waals surface area contributed by atoms with Gasteiger partial charge in [-0.15, -0.1) is 0 Å². The molecule has 0 fully saturated rings. The number of aryl methyl sites for hydroxylation is 1. The van der Waals surface area contributed by atoms with Crippen LogP contribution in [0.5, 0.6) is 11.5 Å². The van der Waals surface area contributed by atoms with Gasteiger partial charge in [0.25, 0.3) is 10.0 Å². The molecule has 1 amide bonds. The highest BCUT2D eigenvalue weighted by atomic mass is 35.5. The summed E-state index contributed by atoms with van der Waals surface area (Å²) in [7, 11) is -2.51. The van der Waals surface area contributed by atoms with E-state index in [1.165, 1.54) is 19.2 Å². The van der Waals surface area contributed by atoms with Gasteiger partial charge in [-0.3, -0.25) is 9.10 Å². The van der Waals surface area contributed by atoms with Crippen LogP contribution in [0.2, 0.25) is 5.02 Å². The number of hydrogen-bond donors (Lipinski definition) is 1. The minimum atomic E-state index is -4.00. The molecule has 9 heteroatoms. The van der Waals surface area contributed by atoms with Crippen molar-refractivity contribution in [3.05, 3.63) is 83.4 Å². The largest absolute Gasteiger partial charge is 0.497 e. The second kappa shape index (κ2) is 11.1. The maximum Gasteiger partial charge on any atom is 0.264 e. The Bertz CT molecular complexity index is 1200. The number of nitrogens with zero attached hydrogens (tertiary/aromatic N) is 1. The molecule has 0 aliphatic carbocycles. The van der Waals surface area contributed by atoms with E-state index < -0.39 is 22.5 Å². The fourth-order valence-electron chi connectivity index (χ4n) is 3.02. The number of nitrogens with one attached hydrogen (secondary N) is 1. The number of ether oxygens (including phenoxy) is 2. The van der Waals surface area contributed by atoms with Crippen molar-refractivity contribution in [2.75, 3.05) is 31.1 Å². The van der Waals surface area contributed by atoms with Crippen molar-refractivity contribution in [3.63, 3.8) is 0 Å². The maximum absolute atomic E-state index is 13.4. The van der Waals surface area contributed by atoms with Crippen molar-refractivity contribution >= 4 is 33.2 Å². The third kappa shape index (κ3) is 6.40. The molecular weight excluding hydrogens is 464 g/mol. The van der Waals surface area contributed by atoms with E-state index in [2.05, 4.69) is 5.32 Å². The van der Waals surface area contributed by atoms with Crippen LogP contribution in [-0.2, 0) is 14.8 Å². The Labute approximate surface area is 198 Å². The molecule has 0 unspecified atom stereocenters. The molecule has 0 aromatic heterocycles. The minimum Gasteiger partial charge on any atom is -0.497 e. The van der Waals surface area contributed by atoms with Crippen LogP contribution in [0.4, 0.5) is 5.69 Å². The SMILES string of the molecule is COc1cccc(N(CC(=O)NCCOc2ccccc2Cl)S(=O)(=O)c2ccc(C)cc2)c1. The van der Waals surface area contributed by atoms with Crippen LogP contribution in [-0.4, -0.2) is 41.1 Å². The van der Waals surface area contributed by atoms with Gasteiger partial charge in [-0.2, -0.15) is 0 Å². The van der Waals surface area contributed by atoms with Gasteiger partial charge in [0.1, 0.15) is 24.7 Å². The van der Waals surface area contributed by atoms with E-state index in [1.54, 1.807) is 60.7 Å². The van der Waals surface area contributed by atoms with Gasteiger partial charge in [0.2, 0.25) is 5.91 Å². The number of benzene rings is 3.